The molecule has 0 unspecified atom stereocenters. The molecule has 1 heterocycles. The highest BCUT2D eigenvalue weighted by Crippen LogP contribution is 2.24. The predicted octanol–water partition coefficient (Wildman–Crippen LogP) is 1.92. The highest BCUT2D eigenvalue weighted by atomic mass is 16.5. The van der Waals surface area contributed by atoms with Crippen molar-refractivity contribution in [1.82, 2.24) is 14.9 Å². The number of aryl methyl sites for hydroxylation is 1. The molecule has 0 spiro atoms. The van der Waals surface area contributed by atoms with Crippen molar-refractivity contribution >= 4 is 16.7 Å². The van der Waals surface area contributed by atoms with Crippen LogP contribution in [0.15, 0.2) is 18.2 Å². The Bertz CT molecular complexity index is 569. The maximum atomic E-state index is 5.26. The number of benzene rings is 1. The lowest BCUT2D eigenvalue weighted by atomic mass is 10.2. The van der Waals surface area contributed by atoms with Crippen LogP contribution in [0.2, 0.25) is 0 Å². The Hall–Kier alpha value is -1.88. The standard InChI is InChI=1S/C14H20N4O/c1-10-16-13-6-5-11(19-4)9-12(13)14(17-10)15-7-8-18(2)3/h5-6,9H,7-8H2,1-4H3,(H,15,16,17). The molecule has 19 heavy (non-hydrogen) atoms. The van der Waals surface area contributed by atoms with E-state index in [1.54, 1.807) is 7.11 Å². The quantitative estimate of drug-likeness (QED) is 0.890. The molecule has 1 N–H and O–H groups in total. The van der Waals surface area contributed by atoms with Crippen molar-refractivity contribution in [2.24, 2.45) is 0 Å². The van der Waals surface area contributed by atoms with E-state index in [0.717, 1.165) is 41.4 Å². The Kier molecular flexibility index (Phi) is 4.16. The monoisotopic (exact) mass is 260 g/mol. The van der Waals surface area contributed by atoms with Crippen LogP contribution < -0.4 is 10.1 Å². The number of likely N-dealkylation sites (N-methyl/N-ethyl adjacent to an activating group) is 1. The first-order valence-electron chi connectivity index (χ1n) is 6.31. The van der Waals surface area contributed by atoms with Gasteiger partial charge in [-0.3, -0.25) is 0 Å². The Balaban J connectivity index is 2.34. The van der Waals surface area contributed by atoms with E-state index >= 15 is 0 Å². The first kappa shape index (κ1) is 13.5. The molecule has 1 aromatic heterocycles. The van der Waals surface area contributed by atoms with Crippen LogP contribution in [0.4, 0.5) is 5.82 Å². The number of aromatic nitrogens is 2. The van der Waals surface area contributed by atoms with Crippen LogP contribution in [0.1, 0.15) is 5.82 Å². The second-order valence-corrected chi connectivity index (χ2v) is 4.73. The van der Waals surface area contributed by atoms with Crippen LogP contribution in [0, 0.1) is 6.92 Å². The second kappa shape index (κ2) is 5.84. The second-order valence-electron chi connectivity index (χ2n) is 4.73. The summed E-state index contributed by atoms with van der Waals surface area (Å²) in [5.41, 5.74) is 0.931. The summed E-state index contributed by atoms with van der Waals surface area (Å²) < 4.78 is 5.26. The SMILES string of the molecule is COc1ccc2nc(C)nc(NCCN(C)C)c2c1. The van der Waals surface area contributed by atoms with E-state index in [2.05, 4.69) is 20.2 Å². The van der Waals surface area contributed by atoms with Gasteiger partial charge in [-0.25, -0.2) is 9.97 Å². The van der Waals surface area contributed by atoms with Gasteiger partial charge in [-0.1, -0.05) is 0 Å². The molecule has 5 nitrogen and oxygen atoms in total. The zero-order chi connectivity index (χ0) is 13.8. The fourth-order valence-corrected chi connectivity index (χ4v) is 1.88. The summed E-state index contributed by atoms with van der Waals surface area (Å²) in [6.07, 6.45) is 0. The molecule has 0 amide bonds. The number of anilines is 1. The molecule has 5 heteroatoms. The fraction of sp³-hybridized carbons (Fsp3) is 0.429. The molecular weight excluding hydrogens is 240 g/mol. The average molecular weight is 260 g/mol. The molecule has 0 fully saturated rings. The van der Waals surface area contributed by atoms with E-state index in [1.165, 1.54) is 0 Å². The molecule has 2 aromatic rings. The first-order valence-corrected chi connectivity index (χ1v) is 6.31. The first-order chi connectivity index (χ1) is 9.10. The van der Waals surface area contributed by atoms with Crippen LogP contribution >= 0.6 is 0 Å². The molecule has 0 bridgehead atoms. The van der Waals surface area contributed by atoms with E-state index in [9.17, 15) is 0 Å². The van der Waals surface area contributed by atoms with Crippen LogP contribution in [-0.2, 0) is 0 Å². The van der Waals surface area contributed by atoms with Crippen molar-refractivity contribution in [1.29, 1.82) is 0 Å². The molecule has 2 rings (SSSR count). The Morgan fingerprint density at radius 3 is 2.74 bits per heavy atom. The third-order valence-corrected chi connectivity index (χ3v) is 2.87. The van der Waals surface area contributed by atoms with Crippen molar-refractivity contribution < 1.29 is 4.74 Å². The van der Waals surface area contributed by atoms with Crippen LogP contribution in [0.3, 0.4) is 0 Å². The minimum atomic E-state index is 0.769. The maximum Gasteiger partial charge on any atom is 0.137 e. The zero-order valence-corrected chi connectivity index (χ0v) is 11.9. The summed E-state index contributed by atoms with van der Waals surface area (Å²) in [5.74, 6) is 2.45. The van der Waals surface area contributed by atoms with Gasteiger partial charge in [-0.2, -0.15) is 0 Å². The van der Waals surface area contributed by atoms with Gasteiger partial charge in [0.25, 0.3) is 0 Å². The number of fused-ring (bicyclic) bond motifs is 1. The lowest BCUT2D eigenvalue weighted by molar-refractivity contribution is 0.415. The third kappa shape index (κ3) is 3.32. The van der Waals surface area contributed by atoms with E-state index in [4.69, 9.17) is 4.74 Å². The van der Waals surface area contributed by atoms with E-state index in [0.29, 0.717) is 0 Å². The van der Waals surface area contributed by atoms with Gasteiger partial charge in [0.2, 0.25) is 0 Å². The van der Waals surface area contributed by atoms with Crippen molar-refractivity contribution in [3.63, 3.8) is 0 Å². The van der Waals surface area contributed by atoms with E-state index < -0.39 is 0 Å². The molecular formula is C14H20N4O. The Morgan fingerprint density at radius 2 is 2.05 bits per heavy atom. The smallest absolute Gasteiger partial charge is 0.137 e. The molecule has 0 atom stereocenters. The highest BCUT2D eigenvalue weighted by Gasteiger charge is 2.07. The molecule has 0 radical (unpaired) electrons. The molecule has 0 aliphatic heterocycles. The summed E-state index contributed by atoms with van der Waals surface area (Å²) in [5, 5.41) is 4.35. The van der Waals surface area contributed by atoms with Crippen molar-refractivity contribution in [3.05, 3.63) is 24.0 Å². The molecule has 0 saturated carbocycles. The largest absolute Gasteiger partial charge is 0.497 e. The minimum Gasteiger partial charge on any atom is -0.497 e. The van der Waals surface area contributed by atoms with E-state index in [1.807, 2.05) is 39.2 Å². The van der Waals surface area contributed by atoms with Gasteiger partial charge < -0.3 is 15.0 Å². The summed E-state index contributed by atoms with van der Waals surface area (Å²) in [7, 11) is 5.76. The van der Waals surface area contributed by atoms with Gasteiger partial charge >= 0.3 is 0 Å². The number of nitrogens with one attached hydrogen (secondary N) is 1. The van der Waals surface area contributed by atoms with Gasteiger partial charge in [-0.05, 0) is 39.2 Å². The third-order valence-electron chi connectivity index (χ3n) is 2.87. The van der Waals surface area contributed by atoms with Crippen molar-refractivity contribution in [3.8, 4) is 5.75 Å². The number of ether oxygens (including phenoxy) is 1. The molecule has 1 aromatic carbocycles. The van der Waals surface area contributed by atoms with Crippen LogP contribution in [0.5, 0.6) is 5.75 Å². The number of hydrogen-bond donors (Lipinski definition) is 1. The van der Waals surface area contributed by atoms with Crippen molar-refractivity contribution in [2.45, 2.75) is 6.92 Å². The summed E-state index contributed by atoms with van der Waals surface area (Å²) in [6.45, 7) is 3.70. The Labute approximate surface area is 113 Å². The normalized spacial score (nSPS) is 11.0. The number of nitrogens with zero attached hydrogens (tertiary/aromatic N) is 3. The van der Waals surface area contributed by atoms with Crippen molar-refractivity contribution in [2.75, 3.05) is 39.6 Å². The van der Waals surface area contributed by atoms with Gasteiger partial charge in [0.05, 0.1) is 12.6 Å². The van der Waals surface area contributed by atoms with Gasteiger partial charge in [0, 0.05) is 18.5 Å². The molecule has 0 aliphatic carbocycles. The minimum absolute atomic E-state index is 0.769. The van der Waals surface area contributed by atoms with Gasteiger partial charge in [-0.15, -0.1) is 0 Å². The molecule has 102 valence electrons. The van der Waals surface area contributed by atoms with Gasteiger partial charge in [0.1, 0.15) is 17.4 Å². The highest BCUT2D eigenvalue weighted by molar-refractivity contribution is 5.90. The number of hydrogen-bond acceptors (Lipinski definition) is 5. The maximum absolute atomic E-state index is 5.26. The number of rotatable bonds is 5. The Morgan fingerprint density at radius 1 is 1.26 bits per heavy atom. The summed E-state index contributed by atoms with van der Waals surface area (Å²) in [4.78, 5) is 11.0. The molecule has 0 aliphatic rings. The lowest BCUT2D eigenvalue weighted by Crippen LogP contribution is -2.21. The predicted molar refractivity (Wildman–Crippen MR) is 77.9 cm³/mol. The average Bonchev–Trinajstić information content (AvgIpc) is 2.37. The van der Waals surface area contributed by atoms with Crippen LogP contribution in [0.25, 0.3) is 10.9 Å². The number of methoxy groups -OCH3 is 1. The van der Waals surface area contributed by atoms with Gasteiger partial charge in [0.15, 0.2) is 0 Å². The molecule has 0 saturated heterocycles. The zero-order valence-electron chi connectivity index (χ0n) is 11.9. The summed E-state index contributed by atoms with van der Waals surface area (Å²) in [6, 6.07) is 5.84. The fourth-order valence-electron chi connectivity index (χ4n) is 1.88. The summed E-state index contributed by atoms with van der Waals surface area (Å²) >= 11 is 0. The van der Waals surface area contributed by atoms with Crippen LogP contribution in [-0.4, -0.2) is 49.2 Å². The topological polar surface area (TPSA) is 50.3 Å². The lowest BCUT2D eigenvalue weighted by Gasteiger charge is -2.13. The van der Waals surface area contributed by atoms with E-state index in [-0.39, 0.29) is 0 Å².